The van der Waals surface area contributed by atoms with Crippen LogP contribution in [0.5, 0.6) is 0 Å². The van der Waals surface area contributed by atoms with Crippen LogP contribution in [-0.4, -0.2) is 19.5 Å². The zero-order valence-corrected chi connectivity index (χ0v) is 7.55. The number of ether oxygens (including phenoxy) is 1. The molecule has 0 saturated heterocycles. The van der Waals surface area contributed by atoms with Crippen molar-refractivity contribution < 1.29 is 13.9 Å². The SMILES string of the molecule is COCC(=O)c1occc1Br. The number of rotatable bonds is 3. The van der Waals surface area contributed by atoms with Crippen LogP contribution < -0.4 is 0 Å². The van der Waals surface area contributed by atoms with Gasteiger partial charge in [-0.05, 0) is 22.0 Å². The van der Waals surface area contributed by atoms with Crippen LogP contribution in [0.15, 0.2) is 21.2 Å². The number of halogens is 1. The number of hydrogen-bond acceptors (Lipinski definition) is 3. The molecular formula is C7H7BrO3. The molecule has 0 aromatic carbocycles. The van der Waals surface area contributed by atoms with E-state index in [4.69, 9.17) is 4.42 Å². The lowest BCUT2D eigenvalue weighted by Gasteiger charge is -1.94. The molecule has 0 aliphatic heterocycles. The Balaban J connectivity index is 2.76. The molecule has 11 heavy (non-hydrogen) atoms. The average molecular weight is 219 g/mol. The van der Waals surface area contributed by atoms with Crippen LogP contribution in [0.3, 0.4) is 0 Å². The summed E-state index contributed by atoms with van der Waals surface area (Å²) in [6.07, 6.45) is 1.45. The lowest BCUT2D eigenvalue weighted by Crippen LogP contribution is -2.05. The zero-order valence-electron chi connectivity index (χ0n) is 5.96. The van der Waals surface area contributed by atoms with Crippen molar-refractivity contribution in [2.45, 2.75) is 0 Å². The highest BCUT2D eigenvalue weighted by Crippen LogP contribution is 2.17. The van der Waals surface area contributed by atoms with Crippen molar-refractivity contribution in [3.05, 3.63) is 22.6 Å². The predicted octanol–water partition coefficient (Wildman–Crippen LogP) is 1.87. The Morgan fingerprint density at radius 2 is 2.55 bits per heavy atom. The fraction of sp³-hybridized carbons (Fsp3) is 0.286. The van der Waals surface area contributed by atoms with Gasteiger partial charge in [-0.15, -0.1) is 0 Å². The molecule has 0 N–H and O–H groups in total. The number of methoxy groups -OCH3 is 1. The van der Waals surface area contributed by atoms with Crippen LogP contribution in [0, 0.1) is 0 Å². The first kappa shape index (κ1) is 8.49. The monoisotopic (exact) mass is 218 g/mol. The van der Waals surface area contributed by atoms with E-state index in [2.05, 4.69) is 20.7 Å². The summed E-state index contributed by atoms with van der Waals surface area (Å²) in [7, 11) is 1.47. The van der Waals surface area contributed by atoms with Crippen molar-refractivity contribution in [1.82, 2.24) is 0 Å². The Labute approximate surface area is 72.5 Å². The van der Waals surface area contributed by atoms with E-state index < -0.39 is 0 Å². The summed E-state index contributed by atoms with van der Waals surface area (Å²) in [4.78, 5) is 11.1. The van der Waals surface area contributed by atoms with Gasteiger partial charge in [-0.25, -0.2) is 0 Å². The molecule has 0 saturated carbocycles. The molecule has 0 aliphatic rings. The first-order valence-electron chi connectivity index (χ1n) is 3.01. The summed E-state index contributed by atoms with van der Waals surface area (Å²) < 4.78 is 10.2. The Kier molecular flexibility index (Phi) is 2.84. The van der Waals surface area contributed by atoms with Crippen LogP contribution in [0.25, 0.3) is 0 Å². The lowest BCUT2D eigenvalue weighted by atomic mass is 10.3. The molecule has 0 amide bonds. The summed E-state index contributed by atoms with van der Waals surface area (Å²) in [5.41, 5.74) is 0. The second kappa shape index (κ2) is 3.69. The van der Waals surface area contributed by atoms with Gasteiger partial charge in [0.1, 0.15) is 6.61 Å². The van der Waals surface area contributed by atoms with Gasteiger partial charge < -0.3 is 9.15 Å². The normalized spacial score (nSPS) is 10.0. The average Bonchev–Trinajstić information content (AvgIpc) is 2.36. The van der Waals surface area contributed by atoms with E-state index in [9.17, 15) is 4.79 Å². The topological polar surface area (TPSA) is 39.4 Å². The number of hydrogen-bond donors (Lipinski definition) is 0. The van der Waals surface area contributed by atoms with Crippen molar-refractivity contribution in [3.63, 3.8) is 0 Å². The number of ketones is 1. The van der Waals surface area contributed by atoms with Crippen LogP contribution >= 0.6 is 15.9 Å². The second-order valence-corrected chi connectivity index (χ2v) is 2.81. The van der Waals surface area contributed by atoms with E-state index in [-0.39, 0.29) is 12.4 Å². The Morgan fingerprint density at radius 1 is 1.82 bits per heavy atom. The molecule has 0 radical (unpaired) electrons. The summed E-state index contributed by atoms with van der Waals surface area (Å²) in [5, 5.41) is 0. The van der Waals surface area contributed by atoms with E-state index in [0.717, 1.165) is 0 Å². The molecule has 1 rings (SSSR count). The molecule has 1 heterocycles. The minimum absolute atomic E-state index is 0.0477. The maximum atomic E-state index is 11.1. The van der Waals surface area contributed by atoms with E-state index in [1.807, 2.05) is 0 Å². The van der Waals surface area contributed by atoms with Crippen LogP contribution in [0.2, 0.25) is 0 Å². The van der Waals surface area contributed by atoms with Gasteiger partial charge in [-0.1, -0.05) is 0 Å². The minimum Gasteiger partial charge on any atom is -0.460 e. The number of Topliss-reactive ketones (excluding diaryl/α,β-unsaturated/α-hetero) is 1. The van der Waals surface area contributed by atoms with Gasteiger partial charge >= 0.3 is 0 Å². The van der Waals surface area contributed by atoms with Crippen molar-refractivity contribution in [1.29, 1.82) is 0 Å². The zero-order chi connectivity index (χ0) is 8.27. The Hall–Kier alpha value is -0.610. The Morgan fingerprint density at radius 3 is 3.00 bits per heavy atom. The van der Waals surface area contributed by atoms with Crippen molar-refractivity contribution in [3.8, 4) is 0 Å². The van der Waals surface area contributed by atoms with Gasteiger partial charge in [0.05, 0.1) is 10.7 Å². The molecule has 0 aliphatic carbocycles. The smallest absolute Gasteiger partial charge is 0.224 e. The summed E-state index contributed by atoms with van der Waals surface area (Å²) in [6, 6.07) is 1.67. The molecule has 0 unspecified atom stereocenters. The molecule has 60 valence electrons. The van der Waals surface area contributed by atoms with E-state index in [0.29, 0.717) is 10.2 Å². The summed E-state index contributed by atoms with van der Waals surface area (Å²) in [6.45, 7) is 0.0477. The summed E-state index contributed by atoms with van der Waals surface area (Å²) >= 11 is 3.17. The molecule has 0 atom stereocenters. The molecule has 0 spiro atoms. The third kappa shape index (κ3) is 1.91. The van der Waals surface area contributed by atoms with Crippen molar-refractivity contribution >= 4 is 21.7 Å². The van der Waals surface area contributed by atoms with Crippen molar-refractivity contribution in [2.24, 2.45) is 0 Å². The molecule has 1 aromatic heterocycles. The number of furan rings is 1. The molecule has 0 bridgehead atoms. The minimum atomic E-state index is -0.163. The van der Waals surface area contributed by atoms with E-state index >= 15 is 0 Å². The van der Waals surface area contributed by atoms with Gasteiger partial charge in [-0.3, -0.25) is 4.79 Å². The van der Waals surface area contributed by atoms with Gasteiger partial charge in [-0.2, -0.15) is 0 Å². The highest BCUT2D eigenvalue weighted by atomic mass is 79.9. The summed E-state index contributed by atoms with van der Waals surface area (Å²) in [5.74, 6) is 0.149. The third-order valence-corrected chi connectivity index (χ3v) is 1.77. The maximum Gasteiger partial charge on any atom is 0.224 e. The van der Waals surface area contributed by atoms with Crippen LogP contribution in [0.1, 0.15) is 10.6 Å². The maximum absolute atomic E-state index is 11.1. The first-order valence-corrected chi connectivity index (χ1v) is 3.80. The number of carbonyl (C=O) groups is 1. The van der Waals surface area contributed by atoms with Crippen molar-refractivity contribution in [2.75, 3.05) is 13.7 Å². The first-order chi connectivity index (χ1) is 5.25. The van der Waals surface area contributed by atoms with Crippen LogP contribution in [-0.2, 0) is 4.74 Å². The third-order valence-electron chi connectivity index (χ3n) is 1.15. The lowest BCUT2D eigenvalue weighted by molar-refractivity contribution is 0.0819. The highest BCUT2D eigenvalue weighted by molar-refractivity contribution is 9.10. The standard InChI is InChI=1S/C7H7BrO3/c1-10-4-6(9)7-5(8)2-3-11-7/h2-3H,4H2,1H3. The molecule has 0 fully saturated rings. The van der Waals surface area contributed by atoms with Crippen LogP contribution in [0.4, 0.5) is 0 Å². The van der Waals surface area contributed by atoms with Gasteiger partial charge in [0.2, 0.25) is 5.78 Å². The highest BCUT2D eigenvalue weighted by Gasteiger charge is 2.12. The largest absolute Gasteiger partial charge is 0.460 e. The second-order valence-electron chi connectivity index (χ2n) is 1.95. The predicted molar refractivity (Wildman–Crippen MR) is 42.6 cm³/mol. The van der Waals surface area contributed by atoms with E-state index in [1.165, 1.54) is 13.4 Å². The van der Waals surface area contributed by atoms with Gasteiger partial charge in [0.25, 0.3) is 0 Å². The molecule has 3 nitrogen and oxygen atoms in total. The fourth-order valence-corrected chi connectivity index (χ4v) is 1.11. The van der Waals surface area contributed by atoms with E-state index in [1.54, 1.807) is 6.07 Å². The quantitative estimate of drug-likeness (QED) is 0.728. The van der Waals surface area contributed by atoms with Gasteiger partial charge in [0.15, 0.2) is 5.76 Å². The molecule has 1 aromatic rings. The number of carbonyl (C=O) groups excluding carboxylic acids is 1. The fourth-order valence-electron chi connectivity index (χ4n) is 0.689. The molecule has 4 heteroatoms. The molecular weight excluding hydrogens is 212 g/mol. The Bertz CT molecular complexity index is 254. The van der Waals surface area contributed by atoms with Gasteiger partial charge in [0, 0.05) is 7.11 Å².